The van der Waals surface area contributed by atoms with Crippen molar-refractivity contribution >= 4 is 5.91 Å². The average molecular weight is 287 g/mol. The van der Waals surface area contributed by atoms with Crippen LogP contribution in [0.5, 0.6) is 5.75 Å². The number of rotatable bonds is 7. The summed E-state index contributed by atoms with van der Waals surface area (Å²) < 4.78 is 28.2. The van der Waals surface area contributed by atoms with Crippen molar-refractivity contribution in [2.24, 2.45) is 0 Å². The van der Waals surface area contributed by atoms with E-state index in [1.807, 2.05) is 0 Å². The zero-order chi connectivity index (χ0) is 15.1. The third-order valence-corrected chi connectivity index (χ3v) is 2.77. The predicted octanol–water partition coefficient (Wildman–Crippen LogP) is 2.41. The minimum atomic E-state index is -2.84. The molecule has 1 N–H and O–H groups in total. The standard InChI is InChI=1S/C14H19F2NO3/c1-10(18)3-8-13(19)17(2)9-11-4-6-12(7-5-11)20-14(15)16/h4-7,10,14,18H,3,8-9H2,1-2H3. The molecule has 1 aromatic carbocycles. The molecule has 0 aliphatic heterocycles. The molecule has 4 nitrogen and oxygen atoms in total. The lowest BCUT2D eigenvalue weighted by atomic mass is 10.1. The molecule has 0 spiro atoms. The van der Waals surface area contributed by atoms with Crippen LogP contribution in [-0.2, 0) is 11.3 Å². The van der Waals surface area contributed by atoms with Crippen LogP contribution in [0, 0.1) is 0 Å². The lowest BCUT2D eigenvalue weighted by Crippen LogP contribution is -2.26. The van der Waals surface area contributed by atoms with Crippen molar-refractivity contribution in [3.8, 4) is 5.75 Å². The Labute approximate surface area is 117 Å². The number of amides is 1. The number of ether oxygens (including phenoxy) is 1. The van der Waals surface area contributed by atoms with Gasteiger partial charge >= 0.3 is 6.61 Å². The first kappa shape index (κ1) is 16.4. The number of aliphatic hydroxyl groups excluding tert-OH is 1. The molecule has 20 heavy (non-hydrogen) atoms. The normalized spacial score (nSPS) is 12.3. The van der Waals surface area contributed by atoms with Crippen molar-refractivity contribution in [3.05, 3.63) is 29.8 Å². The molecule has 0 heterocycles. The highest BCUT2D eigenvalue weighted by Crippen LogP contribution is 2.16. The van der Waals surface area contributed by atoms with E-state index in [4.69, 9.17) is 5.11 Å². The largest absolute Gasteiger partial charge is 0.435 e. The topological polar surface area (TPSA) is 49.8 Å². The van der Waals surface area contributed by atoms with Crippen molar-refractivity contribution in [3.63, 3.8) is 0 Å². The van der Waals surface area contributed by atoms with Gasteiger partial charge in [-0.05, 0) is 31.0 Å². The molecular weight excluding hydrogens is 268 g/mol. The molecule has 0 bridgehead atoms. The predicted molar refractivity (Wildman–Crippen MR) is 70.5 cm³/mol. The first-order valence-electron chi connectivity index (χ1n) is 6.34. The maximum Gasteiger partial charge on any atom is 0.387 e. The van der Waals surface area contributed by atoms with E-state index >= 15 is 0 Å². The summed E-state index contributed by atoms with van der Waals surface area (Å²) >= 11 is 0. The van der Waals surface area contributed by atoms with Crippen molar-refractivity contribution in [1.29, 1.82) is 0 Å². The summed E-state index contributed by atoms with van der Waals surface area (Å²) in [5.41, 5.74) is 0.819. The molecular formula is C14H19F2NO3. The molecule has 0 aliphatic carbocycles. The van der Waals surface area contributed by atoms with Gasteiger partial charge in [-0.2, -0.15) is 8.78 Å². The summed E-state index contributed by atoms with van der Waals surface area (Å²) in [6.07, 6.45) is 0.198. The van der Waals surface area contributed by atoms with E-state index in [-0.39, 0.29) is 18.1 Å². The number of halogens is 2. The van der Waals surface area contributed by atoms with Crippen molar-refractivity contribution < 1.29 is 23.4 Å². The SMILES string of the molecule is CC(O)CCC(=O)N(C)Cc1ccc(OC(F)F)cc1. The van der Waals surface area contributed by atoms with Crippen LogP contribution in [0.2, 0.25) is 0 Å². The van der Waals surface area contributed by atoms with Gasteiger partial charge in [-0.25, -0.2) is 0 Å². The number of nitrogens with zero attached hydrogens (tertiary/aromatic N) is 1. The van der Waals surface area contributed by atoms with Crippen LogP contribution in [0.4, 0.5) is 8.78 Å². The molecule has 0 aliphatic rings. The van der Waals surface area contributed by atoms with Gasteiger partial charge in [-0.3, -0.25) is 4.79 Å². The second kappa shape index (κ2) is 7.79. The van der Waals surface area contributed by atoms with Crippen molar-refractivity contribution in [2.45, 2.75) is 39.0 Å². The Balaban J connectivity index is 2.49. The maximum absolute atomic E-state index is 12.0. The molecule has 0 aromatic heterocycles. The van der Waals surface area contributed by atoms with Gasteiger partial charge in [0.25, 0.3) is 0 Å². The molecule has 1 aromatic rings. The molecule has 112 valence electrons. The monoisotopic (exact) mass is 287 g/mol. The van der Waals surface area contributed by atoms with Crippen LogP contribution in [0.3, 0.4) is 0 Å². The number of carbonyl (C=O) groups excluding carboxylic acids is 1. The van der Waals surface area contributed by atoms with Gasteiger partial charge in [-0.15, -0.1) is 0 Å². The van der Waals surface area contributed by atoms with Gasteiger partial charge in [0.2, 0.25) is 5.91 Å². The zero-order valence-corrected chi connectivity index (χ0v) is 11.6. The lowest BCUT2D eigenvalue weighted by molar-refractivity contribution is -0.131. The number of hydrogen-bond acceptors (Lipinski definition) is 3. The fourth-order valence-electron chi connectivity index (χ4n) is 1.66. The maximum atomic E-state index is 12.0. The van der Waals surface area contributed by atoms with Gasteiger partial charge < -0.3 is 14.7 Å². The van der Waals surface area contributed by atoms with Gasteiger partial charge in [0.1, 0.15) is 5.75 Å². The third kappa shape index (κ3) is 5.97. The molecule has 1 rings (SSSR count). The second-order valence-corrected chi connectivity index (χ2v) is 4.66. The second-order valence-electron chi connectivity index (χ2n) is 4.66. The van der Waals surface area contributed by atoms with Crippen LogP contribution in [0.1, 0.15) is 25.3 Å². The molecule has 0 fully saturated rings. The van der Waals surface area contributed by atoms with E-state index in [1.165, 1.54) is 17.0 Å². The van der Waals surface area contributed by atoms with E-state index in [9.17, 15) is 13.6 Å². The number of carbonyl (C=O) groups is 1. The van der Waals surface area contributed by atoms with Gasteiger partial charge in [-0.1, -0.05) is 12.1 Å². The minimum Gasteiger partial charge on any atom is -0.435 e. The van der Waals surface area contributed by atoms with E-state index in [0.29, 0.717) is 13.0 Å². The molecule has 1 unspecified atom stereocenters. The van der Waals surface area contributed by atoms with Crippen LogP contribution in [0.15, 0.2) is 24.3 Å². The summed E-state index contributed by atoms with van der Waals surface area (Å²) in [6.45, 7) is -0.826. The van der Waals surface area contributed by atoms with E-state index < -0.39 is 12.7 Å². The molecule has 1 amide bonds. The number of benzene rings is 1. The summed E-state index contributed by atoms with van der Waals surface area (Å²) in [4.78, 5) is 13.3. The Kier molecular flexibility index (Phi) is 6.38. The lowest BCUT2D eigenvalue weighted by Gasteiger charge is -2.18. The summed E-state index contributed by atoms with van der Waals surface area (Å²) in [5.74, 6) is 0.0191. The molecule has 6 heteroatoms. The Morgan fingerprint density at radius 2 is 1.95 bits per heavy atom. The van der Waals surface area contributed by atoms with Crippen molar-refractivity contribution in [1.82, 2.24) is 4.90 Å². The van der Waals surface area contributed by atoms with Gasteiger partial charge in [0.05, 0.1) is 6.10 Å². The minimum absolute atomic E-state index is 0.0705. The highest BCUT2D eigenvalue weighted by molar-refractivity contribution is 5.75. The Morgan fingerprint density at radius 3 is 2.45 bits per heavy atom. The summed E-state index contributed by atoms with van der Waals surface area (Å²) in [6, 6.07) is 6.15. The molecule has 0 radical (unpaired) electrons. The van der Waals surface area contributed by atoms with E-state index in [2.05, 4.69) is 4.74 Å². The highest BCUT2D eigenvalue weighted by Gasteiger charge is 2.11. The number of hydrogen-bond donors (Lipinski definition) is 1. The van der Waals surface area contributed by atoms with Crippen LogP contribution in [-0.4, -0.2) is 35.7 Å². The fourth-order valence-corrected chi connectivity index (χ4v) is 1.66. The number of alkyl halides is 2. The first-order valence-corrected chi connectivity index (χ1v) is 6.34. The summed E-state index contributed by atoms with van der Waals surface area (Å²) in [7, 11) is 1.66. The molecule has 1 atom stereocenters. The van der Waals surface area contributed by atoms with Gasteiger partial charge in [0.15, 0.2) is 0 Å². The van der Waals surface area contributed by atoms with E-state index in [0.717, 1.165) is 5.56 Å². The van der Waals surface area contributed by atoms with Crippen molar-refractivity contribution in [2.75, 3.05) is 7.05 Å². The van der Waals surface area contributed by atoms with E-state index in [1.54, 1.807) is 26.1 Å². The highest BCUT2D eigenvalue weighted by atomic mass is 19.3. The average Bonchev–Trinajstić information content (AvgIpc) is 2.37. The smallest absolute Gasteiger partial charge is 0.387 e. The first-order chi connectivity index (χ1) is 9.38. The summed E-state index contributed by atoms with van der Waals surface area (Å²) in [5, 5.41) is 9.13. The molecule has 0 saturated carbocycles. The fraction of sp³-hybridized carbons (Fsp3) is 0.500. The van der Waals surface area contributed by atoms with Crippen LogP contribution in [0.25, 0.3) is 0 Å². The molecule has 0 saturated heterocycles. The van der Waals surface area contributed by atoms with Crippen LogP contribution < -0.4 is 4.74 Å². The quantitative estimate of drug-likeness (QED) is 0.838. The Hall–Kier alpha value is -1.69. The van der Waals surface area contributed by atoms with Crippen LogP contribution >= 0.6 is 0 Å². The Bertz CT molecular complexity index is 421. The van der Waals surface area contributed by atoms with Gasteiger partial charge in [0, 0.05) is 20.0 Å². The zero-order valence-electron chi connectivity index (χ0n) is 11.6. The number of aliphatic hydroxyl groups is 1. The third-order valence-electron chi connectivity index (χ3n) is 2.77. The Morgan fingerprint density at radius 1 is 1.35 bits per heavy atom.